The van der Waals surface area contributed by atoms with Crippen molar-refractivity contribution < 1.29 is 4.79 Å². The first-order valence-electron chi connectivity index (χ1n) is 4.76. The number of carbonyl (C=O) groups is 1. The lowest BCUT2D eigenvalue weighted by Gasteiger charge is -2.14. The van der Waals surface area contributed by atoms with Crippen LogP contribution in [0.2, 0.25) is 5.15 Å². The smallest absolute Gasteiger partial charge is 0.276 e. The molecule has 1 aromatic heterocycles. The normalized spacial score (nSPS) is 15.7. The molecule has 1 aromatic rings. The lowest BCUT2D eigenvalue weighted by atomic mass is 10.3. The number of likely N-dealkylation sites (tertiary alicyclic amines) is 1. The van der Waals surface area contributed by atoms with Gasteiger partial charge in [-0.2, -0.15) is 0 Å². The summed E-state index contributed by atoms with van der Waals surface area (Å²) in [7, 11) is 0. The molecule has 2 heterocycles. The molecule has 1 amide bonds. The molecule has 15 heavy (non-hydrogen) atoms. The molecular weight excluding hydrogens is 216 g/mol. The zero-order chi connectivity index (χ0) is 10.8. The second-order valence-electron chi connectivity index (χ2n) is 3.43. The molecule has 1 aliphatic rings. The van der Waals surface area contributed by atoms with Gasteiger partial charge >= 0.3 is 0 Å². The van der Waals surface area contributed by atoms with Crippen molar-refractivity contribution in [1.29, 1.82) is 0 Å². The van der Waals surface area contributed by atoms with Gasteiger partial charge in [0.1, 0.15) is 5.15 Å². The lowest BCUT2D eigenvalue weighted by molar-refractivity contribution is 0.0788. The van der Waals surface area contributed by atoms with E-state index in [1.165, 1.54) is 6.20 Å². The molecule has 0 unspecified atom stereocenters. The fourth-order valence-corrected chi connectivity index (χ4v) is 1.74. The predicted molar refractivity (Wildman–Crippen MR) is 56.6 cm³/mol. The molecule has 0 atom stereocenters. The number of anilines is 1. The fourth-order valence-electron chi connectivity index (χ4n) is 1.60. The van der Waals surface area contributed by atoms with Gasteiger partial charge < -0.3 is 10.6 Å². The van der Waals surface area contributed by atoms with Crippen LogP contribution in [-0.4, -0.2) is 33.9 Å². The van der Waals surface area contributed by atoms with Gasteiger partial charge in [-0.3, -0.25) is 4.79 Å². The maximum atomic E-state index is 11.9. The summed E-state index contributed by atoms with van der Waals surface area (Å²) >= 11 is 5.67. The van der Waals surface area contributed by atoms with E-state index in [4.69, 9.17) is 17.3 Å². The van der Waals surface area contributed by atoms with Crippen LogP contribution in [0.3, 0.4) is 0 Å². The van der Waals surface area contributed by atoms with Crippen molar-refractivity contribution in [1.82, 2.24) is 14.9 Å². The number of hydrogen-bond acceptors (Lipinski definition) is 4. The summed E-state index contributed by atoms with van der Waals surface area (Å²) in [6.45, 7) is 1.51. The number of nitrogen functional groups attached to an aromatic ring is 1. The minimum atomic E-state index is -0.181. The largest absolute Gasteiger partial charge is 0.382 e. The molecule has 1 fully saturated rings. The first-order valence-corrected chi connectivity index (χ1v) is 5.13. The zero-order valence-corrected chi connectivity index (χ0v) is 8.87. The van der Waals surface area contributed by atoms with Crippen LogP contribution in [0.25, 0.3) is 0 Å². The number of rotatable bonds is 1. The van der Waals surface area contributed by atoms with Crippen LogP contribution in [0, 0.1) is 0 Å². The number of aromatic nitrogens is 2. The van der Waals surface area contributed by atoms with Gasteiger partial charge in [0.25, 0.3) is 5.91 Å². The van der Waals surface area contributed by atoms with Gasteiger partial charge in [0.2, 0.25) is 0 Å². The summed E-state index contributed by atoms with van der Waals surface area (Å²) in [6.07, 6.45) is 3.39. The number of nitrogens with zero attached hydrogens (tertiary/aromatic N) is 3. The first-order chi connectivity index (χ1) is 7.18. The number of halogens is 1. The molecule has 2 rings (SSSR count). The van der Waals surface area contributed by atoms with Gasteiger partial charge in [-0.1, -0.05) is 11.6 Å². The Kier molecular flexibility index (Phi) is 2.73. The Morgan fingerprint density at radius 2 is 2.13 bits per heavy atom. The van der Waals surface area contributed by atoms with Crippen molar-refractivity contribution in [3.8, 4) is 0 Å². The zero-order valence-electron chi connectivity index (χ0n) is 8.11. The fraction of sp³-hybridized carbons (Fsp3) is 0.444. The third-order valence-electron chi connectivity index (χ3n) is 2.37. The van der Waals surface area contributed by atoms with Crippen molar-refractivity contribution in [2.24, 2.45) is 0 Å². The summed E-state index contributed by atoms with van der Waals surface area (Å²) in [5.74, 6) is -0.0451. The molecule has 2 N–H and O–H groups in total. The van der Waals surface area contributed by atoms with Crippen LogP contribution in [0.1, 0.15) is 23.3 Å². The van der Waals surface area contributed by atoms with E-state index in [0.717, 1.165) is 25.9 Å². The van der Waals surface area contributed by atoms with Crippen molar-refractivity contribution >= 4 is 23.3 Å². The predicted octanol–water partition coefficient (Wildman–Crippen LogP) is 0.948. The number of amides is 1. The van der Waals surface area contributed by atoms with E-state index in [0.29, 0.717) is 0 Å². The van der Waals surface area contributed by atoms with Crippen LogP contribution in [0.15, 0.2) is 6.20 Å². The molecule has 0 spiro atoms. The highest BCUT2D eigenvalue weighted by atomic mass is 35.5. The van der Waals surface area contributed by atoms with Gasteiger partial charge in [0, 0.05) is 13.1 Å². The minimum Gasteiger partial charge on any atom is -0.382 e. The van der Waals surface area contributed by atoms with E-state index in [-0.39, 0.29) is 22.6 Å². The third-order valence-corrected chi connectivity index (χ3v) is 2.55. The molecule has 1 aliphatic heterocycles. The Hall–Kier alpha value is -1.36. The highest BCUT2D eigenvalue weighted by Gasteiger charge is 2.23. The average Bonchev–Trinajstić information content (AvgIpc) is 2.74. The van der Waals surface area contributed by atoms with Crippen molar-refractivity contribution in [3.63, 3.8) is 0 Å². The van der Waals surface area contributed by atoms with Gasteiger partial charge in [-0.05, 0) is 12.8 Å². The van der Waals surface area contributed by atoms with Gasteiger partial charge in [-0.15, -0.1) is 0 Å². The maximum absolute atomic E-state index is 11.9. The number of hydrogen-bond donors (Lipinski definition) is 1. The van der Waals surface area contributed by atoms with Crippen LogP contribution >= 0.6 is 11.6 Å². The highest BCUT2D eigenvalue weighted by molar-refractivity contribution is 6.29. The molecule has 6 heteroatoms. The Labute approximate surface area is 92.3 Å². The van der Waals surface area contributed by atoms with E-state index in [1.807, 2.05) is 0 Å². The molecule has 0 bridgehead atoms. The molecule has 1 saturated heterocycles. The SMILES string of the molecule is Nc1ncc(Cl)nc1C(=O)N1CCCC1. The summed E-state index contributed by atoms with van der Waals surface area (Å²) in [5.41, 5.74) is 5.74. The van der Waals surface area contributed by atoms with Crippen LogP contribution in [0.5, 0.6) is 0 Å². The second kappa shape index (κ2) is 4.02. The number of carbonyl (C=O) groups excluding carboxylic acids is 1. The van der Waals surface area contributed by atoms with Crippen LogP contribution in [-0.2, 0) is 0 Å². The summed E-state index contributed by atoms with van der Waals surface area (Å²) in [6, 6.07) is 0. The Morgan fingerprint density at radius 1 is 1.47 bits per heavy atom. The molecule has 0 radical (unpaired) electrons. The molecule has 0 aromatic carbocycles. The van der Waals surface area contributed by atoms with Crippen molar-refractivity contribution in [3.05, 3.63) is 17.0 Å². The monoisotopic (exact) mass is 226 g/mol. The summed E-state index contributed by atoms with van der Waals surface area (Å²) in [5, 5.41) is 0.187. The summed E-state index contributed by atoms with van der Waals surface area (Å²) in [4.78, 5) is 21.3. The van der Waals surface area contributed by atoms with E-state index < -0.39 is 0 Å². The highest BCUT2D eigenvalue weighted by Crippen LogP contribution is 2.16. The minimum absolute atomic E-state index is 0.135. The molecule has 0 aliphatic carbocycles. The first kappa shape index (κ1) is 10.2. The molecular formula is C9H11ClN4O. The van der Waals surface area contributed by atoms with Gasteiger partial charge in [-0.25, -0.2) is 9.97 Å². The quantitative estimate of drug-likeness (QED) is 0.774. The standard InChI is InChI=1S/C9H11ClN4O/c10-6-5-12-8(11)7(13-6)9(15)14-3-1-2-4-14/h5H,1-4H2,(H2,11,12). The Bertz CT molecular complexity index is 390. The molecule has 80 valence electrons. The third kappa shape index (κ3) is 2.02. The second-order valence-corrected chi connectivity index (χ2v) is 3.81. The van der Waals surface area contributed by atoms with Crippen molar-refractivity contribution in [2.45, 2.75) is 12.8 Å². The van der Waals surface area contributed by atoms with E-state index in [2.05, 4.69) is 9.97 Å². The summed E-state index contributed by atoms with van der Waals surface area (Å²) < 4.78 is 0. The van der Waals surface area contributed by atoms with E-state index in [1.54, 1.807) is 4.90 Å². The van der Waals surface area contributed by atoms with E-state index in [9.17, 15) is 4.79 Å². The van der Waals surface area contributed by atoms with Gasteiger partial charge in [0.05, 0.1) is 6.20 Å². The Balaban J connectivity index is 2.27. The van der Waals surface area contributed by atoms with E-state index >= 15 is 0 Å². The average molecular weight is 227 g/mol. The van der Waals surface area contributed by atoms with Crippen molar-refractivity contribution in [2.75, 3.05) is 18.8 Å². The van der Waals surface area contributed by atoms with Crippen LogP contribution < -0.4 is 5.73 Å². The molecule has 0 saturated carbocycles. The number of nitrogens with two attached hydrogens (primary N) is 1. The lowest BCUT2D eigenvalue weighted by Crippen LogP contribution is -2.29. The topological polar surface area (TPSA) is 72.1 Å². The molecule has 5 nitrogen and oxygen atoms in total. The Morgan fingerprint density at radius 3 is 2.80 bits per heavy atom. The maximum Gasteiger partial charge on any atom is 0.276 e. The van der Waals surface area contributed by atoms with Crippen LogP contribution in [0.4, 0.5) is 5.82 Å². The van der Waals surface area contributed by atoms with Gasteiger partial charge in [0.15, 0.2) is 11.5 Å².